The van der Waals surface area contributed by atoms with Crippen LogP contribution in [0.4, 0.5) is 5.69 Å². The van der Waals surface area contributed by atoms with Crippen LogP contribution in [0.15, 0.2) is 23.1 Å². The number of hydrogen-bond acceptors (Lipinski definition) is 5. The number of carbonyl (C=O) groups is 1. The van der Waals surface area contributed by atoms with E-state index in [0.717, 1.165) is 12.8 Å². The summed E-state index contributed by atoms with van der Waals surface area (Å²) < 4.78 is 0. The fraction of sp³-hybridized carbons (Fsp3) is 0.462. The van der Waals surface area contributed by atoms with Gasteiger partial charge in [-0.3, -0.25) is 14.9 Å². The van der Waals surface area contributed by atoms with Gasteiger partial charge in [0.15, 0.2) is 0 Å². The average molecular weight is 296 g/mol. The molecular formula is C13H16N2O4S. The zero-order chi connectivity index (χ0) is 14.7. The normalized spacial score (nSPS) is 18.3. The molecule has 7 heteroatoms. The van der Waals surface area contributed by atoms with Gasteiger partial charge in [0, 0.05) is 18.2 Å². The van der Waals surface area contributed by atoms with Gasteiger partial charge >= 0.3 is 0 Å². The summed E-state index contributed by atoms with van der Waals surface area (Å²) in [6.45, 7) is 0.513. The first-order chi connectivity index (χ1) is 9.58. The Morgan fingerprint density at radius 2 is 2.35 bits per heavy atom. The van der Waals surface area contributed by atoms with E-state index in [-0.39, 0.29) is 24.2 Å². The summed E-state index contributed by atoms with van der Waals surface area (Å²) in [4.78, 5) is 25.1. The van der Waals surface area contributed by atoms with Crippen molar-refractivity contribution < 1.29 is 14.8 Å². The van der Waals surface area contributed by atoms with Crippen LogP contribution in [0.1, 0.15) is 23.2 Å². The molecule has 20 heavy (non-hydrogen) atoms. The van der Waals surface area contributed by atoms with Crippen LogP contribution in [0, 0.1) is 10.1 Å². The van der Waals surface area contributed by atoms with Crippen LogP contribution in [0.5, 0.6) is 0 Å². The highest BCUT2D eigenvalue weighted by molar-refractivity contribution is 7.98. The number of carbonyl (C=O) groups excluding carboxylic acids is 1. The van der Waals surface area contributed by atoms with E-state index < -0.39 is 4.92 Å². The quantitative estimate of drug-likeness (QED) is 0.521. The van der Waals surface area contributed by atoms with E-state index in [4.69, 9.17) is 0 Å². The van der Waals surface area contributed by atoms with Crippen molar-refractivity contribution in [3.63, 3.8) is 0 Å². The minimum atomic E-state index is -0.476. The van der Waals surface area contributed by atoms with Gasteiger partial charge in [0.05, 0.1) is 22.5 Å². The van der Waals surface area contributed by atoms with Gasteiger partial charge in [-0.2, -0.15) is 0 Å². The molecule has 108 valence electrons. The predicted octanol–water partition coefficient (Wildman–Crippen LogP) is 1.91. The molecule has 1 N–H and O–H groups in total. The van der Waals surface area contributed by atoms with E-state index in [9.17, 15) is 20.0 Å². The van der Waals surface area contributed by atoms with Crippen molar-refractivity contribution in [1.29, 1.82) is 0 Å². The second kappa shape index (κ2) is 6.23. The summed E-state index contributed by atoms with van der Waals surface area (Å²) in [5.41, 5.74) is 0.248. The number of amides is 1. The molecule has 1 heterocycles. The molecule has 2 rings (SSSR count). The van der Waals surface area contributed by atoms with Gasteiger partial charge in [-0.25, -0.2) is 0 Å². The lowest BCUT2D eigenvalue weighted by atomic mass is 10.1. The number of hydrogen-bond donors (Lipinski definition) is 1. The Labute approximate surface area is 120 Å². The third-order valence-electron chi connectivity index (χ3n) is 3.47. The number of thioether (sulfide) groups is 1. The topological polar surface area (TPSA) is 83.7 Å². The molecular weight excluding hydrogens is 280 g/mol. The first-order valence-corrected chi connectivity index (χ1v) is 7.55. The number of rotatable bonds is 4. The molecule has 1 aromatic carbocycles. The van der Waals surface area contributed by atoms with Crippen molar-refractivity contribution in [3.8, 4) is 0 Å². The summed E-state index contributed by atoms with van der Waals surface area (Å²) in [5, 5.41) is 20.3. The van der Waals surface area contributed by atoms with E-state index >= 15 is 0 Å². The number of nitro groups is 1. The predicted molar refractivity (Wildman–Crippen MR) is 76.0 cm³/mol. The molecule has 1 fully saturated rings. The van der Waals surface area contributed by atoms with Crippen molar-refractivity contribution >= 4 is 23.4 Å². The third-order valence-corrected chi connectivity index (χ3v) is 4.26. The molecule has 1 unspecified atom stereocenters. The Morgan fingerprint density at radius 1 is 1.60 bits per heavy atom. The second-order valence-electron chi connectivity index (χ2n) is 4.62. The van der Waals surface area contributed by atoms with Gasteiger partial charge in [0.25, 0.3) is 11.6 Å². The van der Waals surface area contributed by atoms with Crippen LogP contribution in [-0.2, 0) is 0 Å². The second-order valence-corrected chi connectivity index (χ2v) is 5.47. The highest BCUT2D eigenvalue weighted by Gasteiger charge is 2.29. The standard InChI is InChI=1S/C13H16N2O4S/c1-20-12-5-4-9(7-11(12)15(18)19)13(17)14-6-2-3-10(14)8-16/h4-5,7,10,16H,2-3,6,8H2,1H3. The molecule has 0 bridgehead atoms. The maximum Gasteiger partial charge on any atom is 0.283 e. The molecule has 1 atom stereocenters. The summed E-state index contributed by atoms with van der Waals surface area (Å²) in [6.07, 6.45) is 3.38. The minimum Gasteiger partial charge on any atom is -0.394 e. The first-order valence-electron chi connectivity index (χ1n) is 6.32. The Balaban J connectivity index is 2.31. The lowest BCUT2D eigenvalue weighted by molar-refractivity contribution is -0.387. The van der Waals surface area contributed by atoms with Crippen LogP contribution in [0.25, 0.3) is 0 Å². The molecule has 1 saturated heterocycles. The zero-order valence-electron chi connectivity index (χ0n) is 11.1. The zero-order valence-corrected chi connectivity index (χ0v) is 11.9. The van der Waals surface area contributed by atoms with Gasteiger partial charge in [0.2, 0.25) is 0 Å². The molecule has 0 radical (unpaired) electrons. The van der Waals surface area contributed by atoms with E-state index in [0.29, 0.717) is 17.0 Å². The van der Waals surface area contributed by atoms with Gasteiger partial charge < -0.3 is 10.0 Å². The van der Waals surface area contributed by atoms with Crippen molar-refractivity contribution in [1.82, 2.24) is 4.90 Å². The lowest BCUT2D eigenvalue weighted by Crippen LogP contribution is -2.37. The number of aliphatic hydroxyl groups is 1. The number of benzene rings is 1. The van der Waals surface area contributed by atoms with Crippen LogP contribution >= 0.6 is 11.8 Å². The molecule has 1 aliphatic rings. The van der Waals surface area contributed by atoms with E-state index in [1.807, 2.05) is 0 Å². The fourth-order valence-corrected chi connectivity index (χ4v) is 2.97. The molecule has 1 amide bonds. The molecule has 0 spiro atoms. The Morgan fingerprint density at radius 3 is 2.95 bits per heavy atom. The Bertz CT molecular complexity index is 535. The minimum absolute atomic E-state index is 0.0527. The number of nitro benzene ring substituents is 1. The highest BCUT2D eigenvalue weighted by atomic mass is 32.2. The van der Waals surface area contributed by atoms with E-state index in [2.05, 4.69) is 0 Å². The largest absolute Gasteiger partial charge is 0.394 e. The van der Waals surface area contributed by atoms with Crippen molar-refractivity contribution in [2.45, 2.75) is 23.8 Å². The van der Waals surface area contributed by atoms with Crippen molar-refractivity contribution in [3.05, 3.63) is 33.9 Å². The molecule has 0 saturated carbocycles. The molecule has 6 nitrogen and oxygen atoms in total. The van der Waals surface area contributed by atoms with E-state index in [1.54, 1.807) is 23.3 Å². The van der Waals surface area contributed by atoms with Crippen molar-refractivity contribution in [2.24, 2.45) is 0 Å². The first kappa shape index (κ1) is 14.8. The summed E-state index contributed by atoms with van der Waals surface area (Å²) in [7, 11) is 0. The van der Waals surface area contributed by atoms with Crippen LogP contribution in [-0.4, -0.2) is 46.3 Å². The van der Waals surface area contributed by atoms with Crippen LogP contribution in [0.3, 0.4) is 0 Å². The average Bonchev–Trinajstić information content (AvgIpc) is 2.94. The van der Waals surface area contributed by atoms with Gasteiger partial charge in [0.1, 0.15) is 0 Å². The smallest absolute Gasteiger partial charge is 0.283 e. The summed E-state index contributed by atoms with van der Waals surface area (Å²) in [6, 6.07) is 4.34. The number of nitrogens with zero attached hydrogens (tertiary/aromatic N) is 2. The number of likely N-dealkylation sites (tertiary alicyclic amines) is 1. The van der Waals surface area contributed by atoms with Crippen LogP contribution in [0.2, 0.25) is 0 Å². The van der Waals surface area contributed by atoms with Crippen LogP contribution < -0.4 is 0 Å². The fourth-order valence-electron chi connectivity index (χ4n) is 2.42. The number of aliphatic hydroxyl groups excluding tert-OH is 1. The summed E-state index contributed by atoms with van der Waals surface area (Å²) >= 11 is 1.27. The van der Waals surface area contributed by atoms with Gasteiger partial charge in [-0.05, 0) is 31.2 Å². The monoisotopic (exact) mass is 296 g/mol. The highest BCUT2D eigenvalue weighted by Crippen LogP contribution is 2.29. The molecule has 1 aromatic rings. The Hall–Kier alpha value is -1.60. The SMILES string of the molecule is CSc1ccc(C(=O)N2CCCC2CO)cc1[N+](=O)[O-]. The maximum absolute atomic E-state index is 12.4. The molecule has 0 aromatic heterocycles. The lowest BCUT2D eigenvalue weighted by Gasteiger charge is -2.23. The van der Waals surface area contributed by atoms with E-state index in [1.165, 1.54) is 17.8 Å². The van der Waals surface area contributed by atoms with Gasteiger partial charge in [-0.15, -0.1) is 11.8 Å². The summed E-state index contributed by atoms with van der Waals surface area (Å²) in [5.74, 6) is -0.252. The molecule has 1 aliphatic heterocycles. The molecule has 0 aliphatic carbocycles. The van der Waals surface area contributed by atoms with Crippen molar-refractivity contribution in [2.75, 3.05) is 19.4 Å². The maximum atomic E-state index is 12.4. The van der Waals surface area contributed by atoms with Gasteiger partial charge in [-0.1, -0.05) is 0 Å². The Kier molecular flexibility index (Phi) is 4.61. The third kappa shape index (κ3) is 2.78.